The average Bonchev–Trinajstić information content (AvgIpc) is 2.55. The molecule has 0 aromatic heterocycles. The molecular weight excluding hydrogens is 340 g/mol. The first-order chi connectivity index (χ1) is 11.1. The number of nitrogens with one attached hydrogen (secondary N) is 2. The molecule has 1 fully saturated rings. The second-order valence-corrected chi connectivity index (χ2v) is 5.57. The molecule has 2 rings (SSSR count). The Morgan fingerprint density at radius 3 is 2.71 bits per heavy atom. The predicted octanol–water partition coefficient (Wildman–Crippen LogP) is 1.57. The van der Waals surface area contributed by atoms with Crippen molar-refractivity contribution in [1.82, 2.24) is 15.5 Å². The van der Waals surface area contributed by atoms with Gasteiger partial charge >= 0.3 is 0 Å². The molecule has 8 heteroatoms. The van der Waals surface area contributed by atoms with Gasteiger partial charge in [-0.05, 0) is 32.0 Å². The van der Waals surface area contributed by atoms with Crippen LogP contribution >= 0.6 is 12.4 Å². The summed E-state index contributed by atoms with van der Waals surface area (Å²) in [5.41, 5.74) is 0. The number of piperazine rings is 1. The highest BCUT2D eigenvalue weighted by Gasteiger charge is 2.15. The van der Waals surface area contributed by atoms with Crippen LogP contribution in [0, 0.1) is 11.6 Å². The maximum Gasteiger partial charge on any atom is 0.260 e. The van der Waals surface area contributed by atoms with Gasteiger partial charge in [0.25, 0.3) is 5.91 Å². The van der Waals surface area contributed by atoms with E-state index in [2.05, 4.69) is 15.5 Å². The number of rotatable bonds is 7. The molecule has 1 saturated heterocycles. The molecule has 1 amide bonds. The van der Waals surface area contributed by atoms with Gasteiger partial charge in [-0.3, -0.25) is 4.79 Å². The lowest BCUT2D eigenvalue weighted by Gasteiger charge is -2.27. The van der Waals surface area contributed by atoms with Crippen molar-refractivity contribution in [3.63, 3.8) is 0 Å². The first-order valence-electron chi connectivity index (χ1n) is 7.89. The lowest BCUT2D eigenvalue weighted by atomic mass is 10.3. The van der Waals surface area contributed by atoms with Crippen molar-refractivity contribution in [2.45, 2.75) is 19.4 Å². The molecule has 0 spiro atoms. The molecule has 1 aromatic carbocycles. The maximum atomic E-state index is 13.1. The molecule has 1 heterocycles. The van der Waals surface area contributed by atoms with Crippen molar-refractivity contribution < 1.29 is 18.3 Å². The summed E-state index contributed by atoms with van der Waals surface area (Å²) in [5.74, 6) is -2.07. The van der Waals surface area contributed by atoms with E-state index in [9.17, 15) is 13.6 Å². The van der Waals surface area contributed by atoms with Gasteiger partial charge in [-0.25, -0.2) is 8.78 Å². The summed E-state index contributed by atoms with van der Waals surface area (Å²) in [6.07, 6.45) is 0.0999. The van der Waals surface area contributed by atoms with Gasteiger partial charge in [0, 0.05) is 38.8 Å². The Balaban J connectivity index is 0.00000288. The van der Waals surface area contributed by atoms with Crippen LogP contribution in [-0.4, -0.2) is 56.2 Å². The van der Waals surface area contributed by atoms with E-state index in [0.717, 1.165) is 51.3 Å². The van der Waals surface area contributed by atoms with Crippen LogP contribution in [0.15, 0.2) is 18.2 Å². The number of ether oxygens (including phenoxy) is 1. The Morgan fingerprint density at radius 1 is 1.33 bits per heavy atom. The fourth-order valence-electron chi connectivity index (χ4n) is 2.40. The van der Waals surface area contributed by atoms with E-state index in [1.165, 1.54) is 6.07 Å². The van der Waals surface area contributed by atoms with E-state index < -0.39 is 17.7 Å². The normalized spacial score (nSPS) is 16.1. The topological polar surface area (TPSA) is 53.6 Å². The summed E-state index contributed by atoms with van der Waals surface area (Å²) in [7, 11) is 0. The average molecular weight is 364 g/mol. The zero-order valence-electron chi connectivity index (χ0n) is 13.7. The van der Waals surface area contributed by atoms with Crippen LogP contribution in [0.1, 0.15) is 13.3 Å². The maximum absolute atomic E-state index is 13.1. The van der Waals surface area contributed by atoms with Gasteiger partial charge in [0.05, 0.1) is 0 Å². The summed E-state index contributed by atoms with van der Waals surface area (Å²) < 4.78 is 31.2. The molecule has 2 N–H and O–H groups in total. The van der Waals surface area contributed by atoms with Gasteiger partial charge < -0.3 is 20.3 Å². The predicted molar refractivity (Wildman–Crippen MR) is 90.6 cm³/mol. The number of halogens is 3. The third kappa shape index (κ3) is 6.59. The van der Waals surface area contributed by atoms with Gasteiger partial charge in [-0.2, -0.15) is 0 Å². The minimum Gasteiger partial charge on any atom is -0.481 e. The smallest absolute Gasteiger partial charge is 0.260 e. The Morgan fingerprint density at radius 2 is 2.04 bits per heavy atom. The van der Waals surface area contributed by atoms with Crippen molar-refractivity contribution in [2.24, 2.45) is 0 Å². The van der Waals surface area contributed by atoms with Crippen LogP contribution in [-0.2, 0) is 4.79 Å². The fraction of sp³-hybridized carbons (Fsp3) is 0.562. The van der Waals surface area contributed by atoms with Crippen molar-refractivity contribution in [3.05, 3.63) is 29.8 Å². The summed E-state index contributed by atoms with van der Waals surface area (Å²) in [6, 6.07) is 3.21. The number of hydrogen-bond donors (Lipinski definition) is 2. The van der Waals surface area contributed by atoms with E-state index >= 15 is 0 Å². The molecule has 0 bridgehead atoms. The number of nitrogens with zero attached hydrogens (tertiary/aromatic N) is 1. The zero-order valence-corrected chi connectivity index (χ0v) is 14.5. The van der Waals surface area contributed by atoms with Crippen LogP contribution in [0.5, 0.6) is 5.75 Å². The molecule has 0 aliphatic carbocycles. The second kappa shape index (κ2) is 10.4. The summed E-state index contributed by atoms with van der Waals surface area (Å²) in [5, 5.41) is 6.08. The van der Waals surface area contributed by atoms with Crippen LogP contribution in [0.3, 0.4) is 0 Å². The summed E-state index contributed by atoms with van der Waals surface area (Å²) in [6.45, 7) is 7.16. The second-order valence-electron chi connectivity index (χ2n) is 5.57. The number of benzene rings is 1. The van der Waals surface area contributed by atoms with E-state index in [-0.39, 0.29) is 24.1 Å². The first-order valence-corrected chi connectivity index (χ1v) is 7.89. The van der Waals surface area contributed by atoms with E-state index in [1.807, 2.05) is 0 Å². The Kier molecular flexibility index (Phi) is 8.95. The SMILES string of the molecule is CC(Oc1ccc(F)c(F)c1)C(=O)NCCCN1CCNCC1.Cl. The third-order valence-corrected chi connectivity index (χ3v) is 3.73. The quantitative estimate of drug-likeness (QED) is 0.722. The molecule has 1 unspecified atom stereocenters. The highest BCUT2D eigenvalue weighted by atomic mass is 35.5. The van der Waals surface area contributed by atoms with Crippen LogP contribution < -0.4 is 15.4 Å². The monoisotopic (exact) mass is 363 g/mol. The third-order valence-electron chi connectivity index (χ3n) is 3.73. The molecule has 1 aliphatic rings. The zero-order chi connectivity index (χ0) is 16.7. The molecule has 1 aliphatic heterocycles. The molecule has 0 saturated carbocycles. The summed E-state index contributed by atoms with van der Waals surface area (Å²) >= 11 is 0. The minimum absolute atomic E-state index is 0. The van der Waals surface area contributed by atoms with E-state index in [0.29, 0.717) is 6.54 Å². The van der Waals surface area contributed by atoms with Crippen LogP contribution in [0.2, 0.25) is 0 Å². The molecule has 136 valence electrons. The lowest BCUT2D eigenvalue weighted by molar-refractivity contribution is -0.127. The Bertz CT molecular complexity index is 528. The molecule has 5 nitrogen and oxygen atoms in total. The molecule has 1 aromatic rings. The molecular formula is C16H24ClF2N3O2. The Labute approximate surface area is 147 Å². The van der Waals surface area contributed by atoms with Gasteiger partial charge in [-0.1, -0.05) is 0 Å². The number of amides is 1. The highest BCUT2D eigenvalue weighted by molar-refractivity contribution is 5.85. The van der Waals surface area contributed by atoms with Gasteiger partial charge in [0.1, 0.15) is 5.75 Å². The van der Waals surface area contributed by atoms with E-state index in [4.69, 9.17) is 4.74 Å². The lowest BCUT2D eigenvalue weighted by Crippen LogP contribution is -2.44. The van der Waals surface area contributed by atoms with Gasteiger partial charge in [-0.15, -0.1) is 12.4 Å². The highest BCUT2D eigenvalue weighted by Crippen LogP contribution is 2.16. The van der Waals surface area contributed by atoms with Gasteiger partial charge in [0.15, 0.2) is 17.7 Å². The number of hydrogen-bond acceptors (Lipinski definition) is 4. The largest absolute Gasteiger partial charge is 0.481 e. The molecule has 1 atom stereocenters. The van der Waals surface area contributed by atoms with E-state index in [1.54, 1.807) is 6.92 Å². The van der Waals surface area contributed by atoms with Crippen molar-refractivity contribution in [1.29, 1.82) is 0 Å². The van der Waals surface area contributed by atoms with Gasteiger partial charge in [0.2, 0.25) is 0 Å². The number of carbonyl (C=O) groups excluding carboxylic acids is 1. The standard InChI is InChI=1S/C16H23F2N3O2.ClH/c1-12(23-13-3-4-14(17)15(18)11-13)16(22)20-5-2-8-21-9-6-19-7-10-21;/h3-4,11-12,19H,2,5-10H2,1H3,(H,20,22);1H. The van der Waals surface area contributed by atoms with Crippen LogP contribution in [0.4, 0.5) is 8.78 Å². The molecule has 0 radical (unpaired) electrons. The Hall–Kier alpha value is -1.44. The summed E-state index contributed by atoms with van der Waals surface area (Å²) in [4.78, 5) is 14.3. The number of carbonyl (C=O) groups is 1. The molecule has 24 heavy (non-hydrogen) atoms. The first kappa shape index (κ1) is 20.6. The van der Waals surface area contributed by atoms with Crippen LogP contribution in [0.25, 0.3) is 0 Å². The van der Waals surface area contributed by atoms with Crippen molar-refractivity contribution >= 4 is 18.3 Å². The van der Waals surface area contributed by atoms with Crippen molar-refractivity contribution in [2.75, 3.05) is 39.3 Å². The minimum atomic E-state index is -0.994. The van der Waals surface area contributed by atoms with Crippen molar-refractivity contribution in [3.8, 4) is 5.75 Å². The fourth-order valence-corrected chi connectivity index (χ4v) is 2.40.